The molecule has 0 unspecified atom stereocenters. The number of halogens is 1. The maximum atomic E-state index is 11.7. The van der Waals surface area contributed by atoms with Gasteiger partial charge in [0.1, 0.15) is 11.0 Å². The van der Waals surface area contributed by atoms with Crippen molar-refractivity contribution in [3.8, 4) is 0 Å². The first-order valence-electron chi connectivity index (χ1n) is 5.35. The van der Waals surface area contributed by atoms with Crippen LogP contribution >= 0.6 is 11.6 Å². The van der Waals surface area contributed by atoms with E-state index in [0.717, 1.165) is 18.8 Å². The zero-order chi connectivity index (χ0) is 10.9. The van der Waals surface area contributed by atoms with Gasteiger partial charge in [-0.15, -0.1) is 0 Å². The molecule has 84 valence electrons. The summed E-state index contributed by atoms with van der Waals surface area (Å²) in [5.41, 5.74) is -0.266. The highest BCUT2D eigenvalue weighted by Crippen LogP contribution is 2.46. The highest BCUT2D eigenvalue weighted by molar-refractivity contribution is 6.29. The topological polar surface area (TPSA) is 47.4 Å². The van der Waals surface area contributed by atoms with E-state index in [1.54, 1.807) is 10.6 Å². The van der Waals surface area contributed by atoms with Crippen LogP contribution < -0.4 is 10.6 Å². The fourth-order valence-corrected chi connectivity index (χ4v) is 3.35. The van der Waals surface area contributed by atoms with Crippen molar-refractivity contribution in [3.63, 3.8) is 0 Å². The summed E-state index contributed by atoms with van der Waals surface area (Å²) >= 11 is 5.84. The lowest BCUT2D eigenvalue weighted by atomic mass is 10.0. The smallest absolute Gasteiger partial charge is 0.350 e. The standard InChI is InChI=1S/C10H10ClN3O2/c11-7-1-8-13(9(15)12-7)4-10-2-6(16-5-10)3-14(8)10/h1,6H,2-5H2/t6-,10+/m1/s1. The maximum absolute atomic E-state index is 11.7. The minimum atomic E-state index is -0.255. The summed E-state index contributed by atoms with van der Waals surface area (Å²) in [5, 5.41) is 0.275. The second-order valence-electron chi connectivity index (χ2n) is 4.78. The van der Waals surface area contributed by atoms with Crippen molar-refractivity contribution < 1.29 is 4.74 Å². The average molecular weight is 240 g/mol. The maximum Gasteiger partial charge on any atom is 0.350 e. The molecule has 0 aliphatic carbocycles. The Morgan fingerprint density at radius 1 is 1.62 bits per heavy atom. The van der Waals surface area contributed by atoms with Gasteiger partial charge in [-0.25, -0.2) is 4.79 Å². The van der Waals surface area contributed by atoms with Crippen molar-refractivity contribution in [3.05, 3.63) is 21.7 Å². The zero-order valence-electron chi connectivity index (χ0n) is 8.52. The van der Waals surface area contributed by atoms with Crippen LogP contribution in [0.1, 0.15) is 6.42 Å². The van der Waals surface area contributed by atoms with Crippen molar-refractivity contribution in [2.45, 2.75) is 24.6 Å². The first kappa shape index (κ1) is 9.01. The number of rotatable bonds is 0. The van der Waals surface area contributed by atoms with Crippen molar-refractivity contribution >= 4 is 17.4 Å². The zero-order valence-corrected chi connectivity index (χ0v) is 9.28. The van der Waals surface area contributed by atoms with Crippen LogP contribution in [0, 0.1) is 0 Å². The first-order valence-corrected chi connectivity index (χ1v) is 5.72. The summed E-state index contributed by atoms with van der Waals surface area (Å²) in [6, 6.07) is 1.78. The molecular formula is C10H10ClN3O2. The molecule has 0 amide bonds. The van der Waals surface area contributed by atoms with Gasteiger partial charge in [-0.1, -0.05) is 11.6 Å². The fraction of sp³-hybridized carbons (Fsp3) is 0.600. The van der Waals surface area contributed by atoms with Gasteiger partial charge in [-0.3, -0.25) is 4.57 Å². The van der Waals surface area contributed by atoms with Crippen LogP contribution in [0.25, 0.3) is 0 Å². The Morgan fingerprint density at radius 3 is 3.31 bits per heavy atom. The fourth-order valence-electron chi connectivity index (χ4n) is 3.18. The van der Waals surface area contributed by atoms with E-state index in [-0.39, 0.29) is 16.4 Å². The van der Waals surface area contributed by atoms with Crippen LogP contribution in [0.3, 0.4) is 0 Å². The molecule has 2 saturated heterocycles. The van der Waals surface area contributed by atoms with E-state index in [9.17, 15) is 4.79 Å². The van der Waals surface area contributed by atoms with Crippen LogP contribution in [0.2, 0.25) is 5.15 Å². The molecule has 1 aromatic rings. The Labute approximate surface area is 96.6 Å². The molecule has 4 rings (SSSR count). The monoisotopic (exact) mass is 239 g/mol. The van der Waals surface area contributed by atoms with Crippen LogP contribution in [0.5, 0.6) is 0 Å². The first-order chi connectivity index (χ1) is 7.68. The van der Waals surface area contributed by atoms with Crippen LogP contribution in [-0.2, 0) is 11.3 Å². The van der Waals surface area contributed by atoms with Crippen LogP contribution in [-0.4, -0.2) is 34.3 Å². The molecule has 3 aliphatic rings. The molecule has 3 aliphatic heterocycles. The van der Waals surface area contributed by atoms with E-state index in [1.165, 1.54) is 0 Å². The molecule has 0 aromatic carbocycles. The van der Waals surface area contributed by atoms with E-state index in [1.807, 2.05) is 0 Å². The molecule has 6 heteroatoms. The van der Waals surface area contributed by atoms with Gasteiger partial charge in [0.05, 0.1) is 24.8 Å². The number of fused-ring (bicyclic) bond motifs is 3. The van der Waals surface area contributed by atoms with Crippen molar-refractivity contribution in [2.24, 2.45) is 0 Å². The second-order valence-corrected chi connectivity index (χ2v) is 5.17. The van der Waals surface area contributed by atoms with Crippen LogP contribution in [0.15, 0.2) is 10.9 Å². The van der Waals surface area contributed by atoms with E-state index >= 15 is 0 Å². The minimum Gasteiger partial charge on any atom is -0.374 e. The number of ether oxygens (including phenoxy) is 1. The van der Waals surface area contributed by atoms with E-state index < -0.39 is 0 Å². The summed E-state index contributed by atoms with van der Waals surface area (Å²) in [6.45, 7) is 2.25. The Balaban J connectivity index is 1.94. The van der Waals surface area contributed by atoms with Gasteiger partial charge in [0, 0.05) is 19.0 Å². The molecular weight excluding hydrogens is 230 g/mol. The summed E-state index contributed by atoms with van der Waals surface area (Å²) in [7, 11) is 0. The van der Waals surface area contributed by atoms with Crippen molar-refractivity contribution in [1.29, 1.82) is 0 Å². The molecule has 2 fully saturated rings. The molecule has 0 saturated carbocycles. The van der Waals surface area contributed by atoms with Crippen molar-refractivity contribution in [2.75, 3.05) is 18.1 Å². The summed E-state index contributed by atoms with van der Waals surface area (Å²) in [5.74, 6) is 0.899. The molecule has 16 heavy (non-hydrogen) atoms. The molecule has 1 aromatic heterocycles. The lowest BCUT2D eigenvalue weighted by Crippen LogP contribution is -2.46. The number of aromatic nitrogens is 2. The molecule has 0 radical (unpaired) electrons. The number of morpholine rings is 1. The summed E-state index contributed by atoms with van der Waals surface area (Å²) < 4.78 is 7.35. The largest absolute Gasteiger partial charge is 0.374 e. The SMILES string of the molecule is O=c1nc(Cl)cc2n1C[C@@]13CO[C@@H](CN21)C3. The second kappa shape index (κ2) is 2.60. The third-order valence-corrected chi connectivity index (χ3v) is 4.03. The van der Waals surface area contributed by atoms with Crippen LogP contribution in [0.4, 0.5) is 5.82 Å². The Hall–Kier alpha value is -1.07. The molecule has 0 N–H and O–H groups in total. The number of anilines is 1. The predicted molar refractivity (Wildman–Crippen MR) is 57.9 cm³/mol. The third-order valence-electron chi connectivity index (χ3n) is 3.84. The van der Waals surface area contributed by atoms with Gasteiger partial charge in [-0.05, 0) is 0 Å². The van der Waals surface area contributed by atoms with Gasteiger partial charge in [0.25, 0.3) is 0 Å². The molecule has 2 atom stereocenters. The third kappa shape index (κ3) is 0.912. The Bertz CT molecular complexity index is 543. The molecule has 1 spiro atoms. The Morgan fingerprint density at radius 2 is 2.50 bits per heavy atom. The predicted octanol–water partition coefficient (Wildman–Crippen LogP) is 0.258. The molecule has 5 nitrogen and oxygen atoms in total. The summed E-state index contributed by atoms with van der Waals surface area (Å²) in [6.07, 6.45) is 1.32. The van der Waals surface area contributed by atoms with Gasteiger partial charge >= 0.3 is 5.69 Å². The number of hydrogen-bond acceptors (Lipinski definition) is 4. The normalized spacial score (nSPS) is 34.3. The lowest BCUT2D eigenvalue weighted by Gasteiger charge is -2.32. The van der Waals surface area contributed by atoms with Crippen molar-refractivity contribution in [1.82, 2.24) is 9.55 Å². The number of hydrogen-bond donors (Lipinski definition) is 0. The number of nitrogens with zero attached hydrogens (tertiary/aromatic N) is 3. The van der Waals surface area contributed by atoms with Gasteiger partial charge in [0.2, 0.25) is 0 Å². The van der Waals surface area contributed by atoms with E-state index in [0.29, 0.717) is 19.3 Å². The average Bonchev–Trinajstić information content (AvgIpc) is 2.85. The molecule has 2 bridgehead atoms. The van der Waals surface area contributed by atoms with E-state index in [4.69, 9.17) is 16.3 Å². The summed E-state index contributed by atoms with van der Waals surface area (Å²) in [4.78, 5) is 17.8. The van der Waals surface area contributed by atoms with Gasteiger partial charge < -0.3 is 9.64 Å². The minimum absolute atomic E-state index is 0.0107. The van der Waals surface area contributed by atoms with Gasteiger partial charge in [0.15, 0.2) is 0 Å². The highest BCUT2D eigenvalue weighted by Gasteiger charge is 2.56. The van der Waals surface area contributed by atoms with Gasteiger partial charge in [-0.2, -0.15) is 4.98 Å². The molecule has 4 heterocycles. The lowest BCUT2D eigenvalue weighted by molar-refractivity contribution is 0.0856. The quantitative estimate of drug-likeness (QED) is 0.610. The van der Waals surface area contributed by atoms with E-state index in [2.05, 4.69) is 9.88 Å². The Kier molecular flexibility index (Phi) is 1.46. The highest BCUT2D eigenvalue weighted by atomic mass is 35.5.